The lowest BCUT2D eigenvalue weighted by molar-refractivity contribution is -0.135. The minimum absolute atomic E-state index is 0.194. The average Bonchev–Trinajstić information content (AvgIpc) is 3.17. The van der Waals surface area contributed by atoms with Crippen LogP contribution in [0.3, 0.4) is 0 Å². The third kappa shape index (κ3) is 3.78. The van der Waals surface area contributed by atoms with Crippen LogP contribution in [0.4, 0.5) is 0 Å². The molecule has 4 rings (SSSR count). The van der Waals surface area contributed by atoms with Gasteiger partial charge in [0, 0.05) is 18.7 Å². The molecule has 1 aromatic heterocycles. The largest absolute Gasteiger partial charge is 0.452 e. The van der Waals surface area contributed by atoms with Gasteiger partial charge in [-0.3, -0.25) is 4.79 Å². The van der Waals surface area contributed by atoms with Crippen LogP contribution in [-0.2, 0) is 22.5 Å². The van der Waals surface area contributed by atoms with Crippen molar-refractivity contribution in [1.29, 1.82) is 0 Å². The molecule has 1 amide bonds. The van der Waals surface area contributed by atoms with Crippen LogP contribution in [0.15, 0.2) is 53.1 Å². The molecule has 0 aliphatic carbocycles. The van der Waals surface area contributed by atoms with Crippen LogP contribution < -0.4 is 0 Å². The SMILES string of the molecule is Cc1noc(-c2ccc(C(=O)OCC(=O)N3CCc4ccccc4C3)cc2)n1. The lowest BCUT2D eigenvalue weighted by Crippen LogP contribution is -2.38. The number of carbonyl (C=O) groups excluding carboxylic acids is 2. The van der Waals surface area contributed by atoms with E-state index in [1.807, 2.05) is 18.2 Å². The molecular formula is C21H19N3O4. The summed E-state index contributed by atoms with van der Waals surface area (Å²) in [7, 11) is 0. The number of carbonyl (C=O) groups is 2. The summed E-state index contributed by atoms with van der Waals surface area (Å²) >= 11 is 0. The number of hydrogen-bond acceptors (Lipinski definition) is 6. The van der Waals surface area contributed by atoms with E-state index in [-0.39, 0.29) is 12.5 Å². The van der Waals surface area contributed by atoms with E-state index in [1.54, 1.807) is 36.1 Å². The molecular weight excluding hydrogens is 358 g/mol. The number of amides is 1. The van der Waals surface area contributed by atoms with Gasteiger partial charge in [-0.1, -0.05) is 29.4 Å². The maximum Gasteiger partial charge on any atom is 0.338 e. The second-order valence-corrected chi connectivity index (χ2v) is 6.63. The van der Waals surface area contributed by atoms with Gasteiger partial charge < -0.3 is 14.2 Å². The van der Waals surface area contributed by atoms with Gasteiger partial charge in [-0.15, -0.1) is 0 Å². The highest BCUT2D eigenvalue weighted by molar-refractivity contribution is 5.91. The van der Waals surface area contributed by atoms with E-state index in [1.165, 1.54) is 5.56 Å². The van der Waals surface area contributed by atoms with Gasteiger partial charge in [-0.05, 0) is 48.7 Å². The van der Waals surface area contributed by atoms with Crippen LogP contribution in [-0.4, -0.2) is 40.1 Å². The summed E-state index contributed by atoms with van der Waals surface area (Å²) in [5.74, 6) is 0.190. The number of nitrogens with zero attached hydrogens (tertiary/aromatic N) is 3. The van der Waals surface area contributed by atoms with Crippen molar-refractivity contribution < 1.29 is 18.8 Å². The van der Waals surface area contributed by atoms with E-state index in [2.05, 4.69) is 16.2 Å². The molecule has 0 radical (unpaired) electrons. The predicted octanol–water partition coefficient (Wildman–Crippen LogP) is 2.79. The summed E-state index contributed by atoms with van der Waals surface area (Å²) in [6, 6.07) is 14.7. The Morgan fingerprint density at radius 3 is 2.57 bits per heavy atom. The molecule has 0 spiro atoms. The van der Waals surface area contributed by atoms with Gasteiger partial charge in [0.2, 0.25) is 0 Å². The molecule has 2 aromatic carbocycles. The number of benzene rings is 2. The molecule has 28 heavy (non-hydrogen) atoms. The Hall–Kier alpha value is -3.48. The number of aromatic nitrogens is 2. The van der Waals surface area contributed by atoms with E-state index in [0.29, 0.717) is 35.9 Å². The topological polar surface area (TPSA) is 85.5 Å². The second kappa shape index (κ2) is 7.64. The Labute approximate surface area is 161 Å². The third-order valence-corrected chi connectivity index (χ3v) is 4.71. The lowest BCUT2D eigenvalue weighted by atomic mass is 10.00. The van der Waals surface area contributed by atoms with Crippen LogP contribution in [0.5, 0.6) is 0 Å². The Kier molecular flexibility index (Phi) is 4.89. The van der Waals surface area contributed by atoms with Crippen LogP contribution >= 0.6 is 0 Å². The maximum absolute atomic E-state index is 12.4. The van der Waals surface area contributed by atoms with Crippen LogP contribution in [0.1, 0.15) is 27.3 Å². The molecule has 0 atom stereocenters. The van der Waals surface area contributed by atoms with Crippen molar-refractivity contribution in [3.8, 4) is 11.5 Å². The van der Waals surface area contributed by atoms with Crippen LogP contribution in [0, 0.1) is 6.92 Å². The number of hydrogen-bond donors (Lipinski definition) is 0. The minimum Gasteiger partial charge on any atom is -0.452 e. The first kappa shape index (κ1) is 17.9. The summed E-state index contributed by atoms with van der Waals surface area (Å²) < 4.78 is 10.3. The molecule has 1 aliphatic heterocycles. The Morgan fingerprint density at radius 2 is 1.86 bits per heavy atom. The molecule has 7 nitrogen and oxygen atoms in total. The monoisotopic (exact) mass is 377 g/mol. The van der Waals surface area contributed by atoms with E-state index in [4.69, 9.17) is 9.26 Å². The molecule has 3 aromatic rings. The molecule has 2 heterocycles. The molecule has 0 saturated heterocycles. The number of rotatable bonds is 4. The molecule has 0 unspecified atom stereocenters. The zero-order chi connectivity index (χ0) is 19.5. The lowest BCUT2D eigenvalue weighted by Gasteiger charge is -2.28. The Morgan fingerprint density at radius 1 is 1.11 bits per heavy atom. The van der Waals surface area contributed by atoms with Gasteiger partial charge in [-0.2, -0.15) is 4.98 Å². The molecule has 0 N–H and O–H groups in total. The number of esters is 1. The van der Waals surface area contributed by atoms with Gasteiger partial charge in [-0.25, -0.2) is 4.79 Å². The minimum atomic E-state index is -0.543. The number of ether oxygens (including phenoxy) is 1. The van der Waals surface area contributed by atoms with E-state index in [9.17, 15) is 9.59 Å². The Bertz CT molecular complexity index is 1010. The molecule has 0 saturated carbocycles. The molecule has 142 valence electrons. The van der Waals surface area contributed by atoms with E-state index >= 15 is 0 Å². The molecule has 1 aliphatic rings. The number of aryl methyl sites for hydroxylation is 1. The standard InChI is InChI=1S/C21H19N3O4/c1-14-22-20(28-23-14)16-6-8-17(9-7-16)21(26)27-13-19(25)24-11-10-15-4-2-3-5-18(15)12-24/h2-9H,10-13H2,1H3. The first-order valence-corrected chi connectivity index (χ1v) is 9.02. The summed E-state index contributed by atoms with van der Waals surface area (Å²) in [4.78, 5) is 30.5. The highest BCUT2D eigenvalue weighted by Gasteiger charge is 2.21. The van der Waals surface area contributed by atoms with Gasteiger partial charge in [0.05, 0.1) is 5.56 Å². The van der Waals surface area contributed by atoms with Crippen molar-refractivity contribution in [2.75, 3.05) is 13.2 Å². The average molecular weight is 377 g/mol. The zero-order valence-electron chi connectivity index (χ0n) is 15.4. The summed E-state index contributed by atoms with van der Waals surface area (Å²) in [5.41, 5.74) is 3.47. The van der Waals surface area contributed by atoms with Crippen molar-refractivity contribution in [2.24, 2.45) is 0 Å². The quantitative estimate of drug-likeness (QED) is 0.650. The first-order chi connectivity index (χ1) is 13.6. The second-order valence-electron chi connectivity index (χ2n) is 6.63. The highest BCUT2D eigenvalue weighted by Crippen LogP contribution is 2.19. The van der Waals surface area contributed by atoms with Crippen LogP contribution in [0.25, 0.3) is 11.5 Å². The van der Waals surface area contributed by atoms with Crippen molar-refractivity contribution in [1.82, 2.24) is 15.0 Å². The fourth-order valence-electron chi connectivity index (χ4n) is 3.17. The molecule has 0 fully saturated rings. The number of fused-ring (bicyclic) bond motifs is 1. The summed E-state index contributed by atoms with van der Waals surface area (Å²) in [6.45, 7) is 2.64. The van der Waals surface area contributed by atoms with Gasteiger partial charge in [0.25, 0.3) is 11.8 Å². The van der Waals surface area contributed by atoms with E-state index < -0.39 is 5.97 Å². The normalized spacial score (nSPS) is 13.1. The van der Waals surface area contributed by atoms with Gasteiger partial charge in [0.15, 0.2) is 12.4 Å². The maximum atomic E-state index is 12.4. The first-order valence-electron chi connectivity index (χ1n) is 9.02. The predicted molar refractivity (Wildman–Crippen MR) is 100 cm³/mol. The van der Waals surface area contributed by atoms with Gasteiger partial charge in [0.1, 0.15) is 0 Å². The summed E-state index contributed by atoms with van der Waals surface area (Å²) in [6.07, 6.45) is 0.812. The van der Waals surface area contributed by atoms with Crippen molar-refractivity contribution in [3.05, 3.63) is 71.0 Å². The van der Waals surface area contributed by atoms with Crippen molar-refractivity contribution in [3.63, 3.8) is 0 Å². The van der Waals surface area contributed by atoms with E-state index in [0.717, 1.165) is 12.0 Å². The highest BCUT2D eigenvalue weighted by atomic mass is 16.5. The smallest absolute Gasteiger partial charge is 0.338 e. The fraction of sp³-hybridized carbons (Fsp3) is 0.238. The third-order valence-electron chi connectivity index (χ3n) is 4.71. The van der Waals surface area contributed by atoms with Crippen molar-refractivity contribution in [2.45, 2.75) is 19.9 Å². The fourth-order valence-corrected chi connectivity index (χ4v) is 3.17. The van der Waals surface area contributed by atoms with Crippen molar-refractivity contribution >= 4 is 11.9 Å². The van der Waals surface area contributed by atoms with Crippen LogP contribution in [0.2, 0.25) is 0 Å². The molecule has 0 bridgehead atoms. The summed E-state index contributed by atoms with van der Waals surface area (Å²) in [5, 5.41) is 3.74. The Balaban J connectivity index is 1.33. The molecule has 7 heteroatoms. The zero-order valence-corrected chi connectivity index (χ0v) is 15.4. The van der Waals surface area contributed by atoms with Gasteiger partial charge >= 0.3 is 5.97 Å².